The summed E-state index contributed by atoms with van der Waals surface area (Å²) in [6.07, 6.45) is 9.50. The van der Waals surface area contributed by atoms with Crippen LogP contribution in [0.4, 0.5) is 0 Å². The predicted octanol–water partition coefficient (Wildman–Crippen LogP) is 3.11. The molecule has 0 aliphatic heterocycles. The topological polar surface area (TPSA) is 9.23 Å². The number of allylic oxidation sites excluding steroid dienone is 2. The number of ether oxygens (including phenoxy) is 1. The van der Waals surface area contributed by atoms with E-state index in [0.29, 0.717) is 11.8 Å². The maximum absolute atomic E-state index is 5.88. The van der Waals surface area contributed by atoms with E-state index in [2.05, 4.69) is 56.2 Å². The molecule has 0 amide bonds. The molecule has 0 aromatic carbocycles. The van der Waals surface area contributed by atoms with E-state index in [4.69, 9.17) is 4.74 Å². The minimum absolute atomic E-state index is 0.000394. The molecule has 4 bridgehead atoms. The molecule has 80 valence electrons. The fraction of sp³-hybridized carbons (Fsp3) is 0.667. The Morgan fingerprint density at radius 1 is 1.07 bits per heavy atom. The van der Waals surface area contributed by atoms with Crippen molar-refractivity contribution in [1.29, 1.82) is 0 Å². The molecule has 5 aliphatic rings. The first-order valence-electron chi connectivity index (χ1n) is 5.44. The molecule has 0 aromatic rings. The van der Waals surface area contributed by atoms with Crippen molar-refractivity contribution >= 4 is 31.9 Å². The Bertz CT molecular complexity index is 380. The zero-order valence-corrected chi connectivity index (χ0v) is 11.5. The minimum atomic E-state index is -0.0509. The molecule has 0 radical (unpaired) electrons. The van der Waals surface area contributed by atoms with Crippen molar-refractivity contribution in [3.8, 4) is 0 Å². The summed E-state index contributed by atoms with van der Waals surface area (Å²) < 4.78 is 5.88. The Morgan fingerprint density at radius 2 is 1.67 bits per heavy atom. The summed E-state index contributed by atoms with van der Waals surface area (Å²) >= 11 is 7.65. The van der Waals surface area contributed by atoms with Gasteiger partial charge in [0.05, 0.1) is 0 Å². The third-order valence-corrected chi connectivity index (χ3v) is 7.01. The van der Waals surface area contributed by atoms with E-state index in [9.17, 15) is 0 Å². The average Bonchev–Trinajstić information content (AvgIpc) is 3.00. The third kappa shape index (κ3) is 0.806. The molecule has 0 heterocycles. The van der Waals surface area contributed by atoms with Gasteiger partial charge in [-0.05, 0) is 17.8 Å². The lowest BCUT2D eigenvalue weighted by atomic mass is 9.98. The number of hydrogen-bond donors (Lipinski definition) is 0. The van der Waals surface area contributed by atoms with Crippen LogP contribution in [-0.2, 0) is 4.74 Å². The fourth-order valence-corrected chi connectivity index (χ4v) is 6.38. The number of methoxy groups -OCH3 is 1. The van der Waals surface area contributed by atoms with Gasteiger partial charge in [0.2, 0.25) is 0 Å². The smallest absolute Gasteiger partial charge is 0.116 e. The second kappa shape index (κ2) is 2.46. The van der Waals surface area contributed by atoms with Gasteiger partial charge in [0.25, 0.3) is 0 Å². The Kier molecular flexibility index (Phi) is 1.55. The second-order valence-electron chi connectivity index (χ2n) is 5.13. The highest BCUT2D eigenvalue weighted by atomic mass is 79.9. The average molecular weight is 332 g/mol. The molecule has 1 nitrogen and oxygen atoms in total. The van der Waals surface area contributed by atoms with Crippen LogP contribution in [0.5, 0.6) is 0 Å². The molecule has 0 spiro atoms. The first-order chi connectivity index (χ1) is 7.14. The highest BCUT2D eigenvalue weighted by molar-refractivity contribution is 9.25. The molecule has 0 saturated heterocycles. The van der Waals surface area contributed by atoms with Crippen LogP contribution in [-0.4, -0.2) is 15.9 Å². The van der Waals surface area contributed by atoms with Gasteiger partial charge in [-0.25, -0.2) is 0 Å². The van der Waals surface area contributed by atoms with E-state index >= 15 is 0 Å². The summed E-state index contributed by atoms with van der Waals surface area (Å²) in [6, 6.07) is 0. The first kappa shape index (κ1) is 9.43. The van der Waals surface area contributed by atoms with Crippen molar-refractivity contribution in [3.05, 3.63) is 24.3 Å². The van der Waals surface area contributed by atoms with Crippen LogP contribution in [0.15, 0.2) is 24.3 Å². The molecular formula is C12H12Br2O. The first-order valence-corrected chi connectivity index (χ1v) is 7.03. The van der Waals surface area contributed by atoms with Gasteiger partial charge in [-0.3, -0.25) is 0 Å². The fourth-order valence-electron chi connectivity index (χ4n) is 3.97. The van der Waals surface area contributed by atoms with Crippen molar-refractivity contribution in [2.24, 2.45) is 29.6 Å². The monoisotopic (exact) mass is 330 g/mol. The maximum Gasteiger partial charge on any atom is 0.116 e. The maximum atomic E-state index is 5.88. The van der Waals surface area contributed by atoms with Crippen molar-refractivity contribution in [3.63, 3.8) is 0 Å². The molecule has 0 aromatic heterocycles. The van der Waals surface area contributed by atoms with E-state index in [1.165, 1.54) is 0 Å². The summed E-state index contributed by atoms with van der Waals surface area (Å²) in [7, 11) is 1.84. The van der Waals surface area contributed by atoms with Crippen LogP contribution in [0.2, 0.25) is 0 Å². The Balaban J connectivity index is 1.91. The second-order valence-corrected chi connectivity index (χ2v) is 8.69. The largest absolute Gasteiger partial charge is 0.375 e. The van der Waals surface area contributed by atoms with Gasteiger partial charge in [-0.15, -0.1) is 0 Å². The van der Waals surface area contributed by atoms with Crippen LogP contribution < -0.4 is 0 Å². The third-order valence-electron chi connectivity index (χ3n) is 4.78. The molecule has 15 heavy (non-hydrogen) atoms. The van der Waals surface area contributed by atoms with Gasteiger partial charge >= 0.3 is 0 Å². The van der Waals surface area contributed by atoms with Gasteiger partial charge in [0.15, 0.2) is 0 Å². The molecule has 0 N–H and O–H groups in total. The van der Waals surface area contributed by atoms with Crippen LogP contribution >= 0.6 is 31.9 Å². The highest BCUT2D eigenvalue weighted by Gasteiger charge is 2.85. The van der Waals surface area contributed by atoms with E-state index < -0.39 is 0 Å². The van der Waals surface area contributed by atoms with Crippen LogP contribution in [0.1, 0.15) is 0 Å². The highest BCUT2D eigenvalue weighted by Crippen LogP contribution is 2.80. The molecule has 4 unspecified atom stereocenters. The molecule has 5 rings (SSSR count). The number of hydrogen-bond acceptors (Lipinski definition) is 1. The van der Waals surface area contributed by atoms with Gasteiger partial charge < -0.3 is 4.74 Å². The summed E-state index contributed by atoms with van der Waals surface area (Å²) in [5, 5.41) is 0. The number of alkyl halides is 2. The number of rotatable bonds is 1. The SMILES string of the molecule is COC12C3C=CC4C(C=C3)C4C1C2(Br)Br. The molecule has 2 fully saturated rings. The summed E-state index contributed by atoms with van der Waals surface area (Å²) in [5.41, 5.74) is -0.0509. The summed E-state index contributed by atoms with van der Waals surface area (Å²) in [5.74, 6) is 3.35. The molecule has 3 heteroatoms. The van der Waals surface area contributed by atoms with E-state index in [0.717, 1.165) is 17.8 Å². The zero-order valence-electron chi connectivity index (χ0n) is 8.36. The zero-order chi connectivity index (χ0) is 10.4. The van der Waals surface area contributed by atoms with Crippen molar-refractivity contribution in [1.82, 2.24) is 0 Å². The number of halogens is 2. The van der Waals surface area contributed by atoms with E-state index in [-0.39, 0.29) is 8.83 Å². The predicted molar refractivity (Wildman–Crippen MR) is 66.1 cm³/mol. The van der Waals surface area contributed by atoms with E-state index in [1.54, 1.807) is 0 Å². The lowest BCUT2D eigenvalue weighted by Crippen LogP contribution is -2.28. The van der Waals surface area contributed by atoms with Gasteiger partial charge in [0, 0.05) is 18.9 Å². The van der Waals surface area contributed by atoms with Crippen molar-refractivity contribution < 1.29 is 4.74 Å². The Labute approximate surface area is 106 Å². The van der Waals surface area contributed by atoms with Crippen molar-refractivity contribution in [2.45, 2.75) is 8.83 Å². The summed E-state index contributed by atoms with van der Waals surface area (Å²) in [4.78, 5) is 0. The molecule has 5 aliphatic carbocycles. The van der Waals surface area contributed by atoms with Crippen molar-refractivity contribution in [2.75, 3.05) is 7.11 Å². The minimum Gasteiger partial charge on any atom is -0.375 e. The van der Waals surface area contributed by atoms with Gasteiger partial charge in [-0.2, -0.15) is 0 Å². The lowest BCUT2D eigenvalue weighted by Gasteiger charge is -2.22. The van der Waals surface area contributed by atoms with Crippen LogP contribution in [0.25, 0.3) is 0 Å². The Hall–Kier alpha value is 0.400. The van der Waals surface area contributed by atoms with Crippen LogP contribution in [0, 0.1) is 29.6 Å². The van der Waals surface area contributed by atoms with Crippen LogP contribution in [0.3, 0.4) is 0 Å². The van der Waals surface area contributed by atoms with Gasteiger partial charge in [-0.1, -0.05) is 56.2 Å². The Morgan fingerprint density at radius 3 is 2.20 bits per heavy atom. The lowest BCUT2D eigenvalue weighted by molar-refractivity contribution is 0.0430. The molecule has 4 atom stereocenters. The van der Waals surface area contributed by atoms with Gasteiger partial charge in [0.1, 0.15) is 8.83 Å². The normalized spacial score (nSPS) is 60.9. The summed E-state index contributed by atoms with van der Waals surface area (Å²) in [6.45, 7) is 0. The standard InChI is InChI=1S/C12H12Br2O/c1-15-11-6-2-4-7-8(5-3-6)9(7)10(11)12(11,13)14/h2-10H,1H3. The van der Waals surface area contributed by atoms with E-state index in [1.807, 2.05) is 7.11 Å². The molecule has 2 saturated carbocycles. The quantitative estimate of drug-likeness (QED) is 0.530. The molecular weight excluding hydrogens is 320 g/mol.